The first kappa shape index (κ1) is 16.9. The highest BCUT2D eigenvalue weighted by molar-refractivity contribution is 7.98. The second-order valence-electron chi connectivity index (χ2n) is 5.26. The molecule has 0 atom stereocenters. The predicted octanol–water partition coefficient (Wildman–Crippen LogP) is 3.06. The van der Waals surface area contributed by atoms with E-state index in [0.29, 0.717) is 11.3 Å². The summed E-state index contributed by atoms with van der Waals surface area (Å²) in [5.74, 6) is -0.301. The van der Waals surface area contributed by atoms with Crippen LogP contribution in [0.1, 0.15) is 21.6 Å². The maximum atomic E-state index is 12.3. The number of aromatic nitrogens is 3. The average Bonchev–Trinajstić information content (AvgIpc) is 3.05. The molecule has 0 unspecified atom stereocenters. The van der Waals surface area contributed by atoms with E-state index in [0.717, 1.165) is 11.3 Å². The first-order valence-corrected chi connectivity index (χ1v) is 8.84. The number of rotatable bonds is 5. The summed E-state index contributed by atoms with van der Waals surface area (Å²) in [4.78, 5) is 17.5. The zero-order valence-corrected chi connectivity index (χ0v) is 14.7. The number of nitrogens with one attached hydrogen (secondary N) is 1. The summed E-state index contributed by atoms with van der Waals surface area (Å²) < 4.78 is 1.63. The summed E-state index contributed by atoms with van der Waals surface area (Å²) in [7, 11) is 0. The summed E-state index contributed by atoms with van der Waals surface area (Å²) in [6.45, 7) is 1.78. The van der Waals surface area contributed by atoms with Gasteiger partial charge in [0.05, 0.1) is 29.4 Å². The molecule has 0 bridgehead atoms. The van der Waals surface area contributed by atoms with Crippen LogP contribution in [0.4, 0.5) is 0 Å². The summed E-state index contributed by atoms with van der Waals surface area (Å²) in [6.07, 6.45) is 8.68. The van der Waals surface area contributed by atoms with E-state index >= 15 is 0 Å². The number of aryl methyl sites for hydroxylation is 1. The number of hydrazone groups is 1. The highest BCUT2D eigenvalue weighted by atomic mass is 32.2. The molecule has 126 valence electrons. The number of hydrogen-bond acceptors (Lipinski definition) is 5. The molecule has 1 aromatic carbocycles. The smallest absolute Gasteiger partial charge is 0.267 e. The van der Waals surface area contributed by atoms with Crippen LogP contribution in [0.2, 0.25) is 0 Å². The second kappa shape index (κ2) is 7.76. The number of pyridine rings is 1. The van der Waals surface area contributed by atoms with E-state index in [4.69, 9.17) is 0 Å². The van der Waals surface area contributed by atoms with Crippen molar-refractivity contribution < 1.29 is 4.79 Å². The van der Waals surface area contributed by atoms with Crippen LogP contribution < -0.4 is 5.43 Å². The number of benzene rings is 1. The summed E-state index contributed by atoms with van der Waals surface area (Å²) in [6, 6.07) is 11.6. The molecule has 3 aromatic rings. The molecule has 0 fully saturated rings. The first-order valence-electron chi connectivity index (χ1n) is 7.61. The van der Waals surface area contributed by atoms with Gasteiger partial charge in [0.25, 0.3) is 5.91 Å². The monoisotopic (exact) mass is 351 g/mol. The van der Waals surface area contributed by atoms with Crippen LogP contribution in [0.3, 0.4) is 0 Å². The lowest BCUT2D eigenvalue weighted by Crippen LogP contribution is -2.18. The lowest BCUT2D eigenvalue weighted by atomic mass is 10.2. The summed E-state index contributed by atoms with van der Waals surface area (Å²) in [5.41, 5.74) is 5.35. The SMILES string of the molecule is CSc1ccc(/C=N/NC(=O)c2cn(-c3cccnc3)nc2C)cc1. The van der Waals surface area contributed by atoms with Crippen LogP contribution in [0.5, 0.6) is 0 Å². The highest BCUT2D eigenvalue weighted by Gasteiger charge is 2.13. The molecule has 3 rings (SSSR count). The Morgan fingerprint density at radius 3 is 2.76 bits per heavy atom. The van der Waals surface area contributed by atoms with Gasteiger partial charge in [-0.15, -0.1) is 11.8 Å². The number of carbonyl (C=O) groups excluding carboxylic acids is 1. The van der Waals surface area contributed by atoms with E-state index in [1.807, 2.05) is 42.7 Å². The van der Waals surface area contributed by atoms with Crippen molar-refractivity contribution in [2.45, 2.75) is 11.8 Å². The van der Waals surface area contributed by atoms with E-state index < -0.39 is 0 Å². The van der Waals surface area contributed by atoms with Crippen molar-refractivity contribution in [2.24, 2.45) is 5.10 Å². The number of carbonyl (C=O) groups is 1. The highest BCUT2D eigenvalue weighted by Crippen LogP contribution is 2.14. The van der Waals surface area contributed by atoms with Crippen molar-refractivity contribution in [1.82, 2.24) is 20.2 Å². The Morgan fingerprint density at radius 2 is 2.08 bits per heavy atom. The van der Waals surface area contributed by atoms with Crippen LogP contribution in [0.15, 0.2) is 65.0 Å². The summed E-state index contributed by atoms with van der Waals surface area (Å²) >= 11 is 1.68. The normalized spacial score (nSPS) is 11.0. The van der Waals surface area contributed by atoms with Crippen LogP contribution >= 0.6 is 11.8 Å². The Kier molecular flexibility index (Phi) is 5.25. The molecule has 0 aliphatic heterocycles. The van der Waals surface area contributed by atoms with Crippen molar-refractivity contribution in [1.29, 1.82) is 0 Å². The molecule has 0 saturated carbocycles. The average molecular weight is 351 g/mol. The largest absolute Gasteiger partial charge is 0.274 e. The fourth-order valence-corrected chi connectivity index (χ4v) is 2.63. The maximum Gasteiger partial charge on any atom is 0.274 e. The maximum absolute atomic E-state index is 12.3. The van der Waals surface area contributed by atoms with E-state index in [1.165, 1.54) is 4.90 Å². The lowest BCUT2D eigenvalue weighted by molar-refractivity contribution is 0.0954. The van der Waals surface area contributed by atoms with Gasteiger partial charge < -0.3 is 0 Å². The molecule has 1 amide bonds. The molecule has 0 saturated heterocycles. The van der Waals surface area contributed by atoms with Gasteiger partial charge in [0, 0.05) is 17.3 Å². The van der Waals surface area contributed by atoms with Gasteiger partial charge in [0.15, 0.2) is 0 Å². The Balaban J connectivity index is 1.69. The molecular formula is C18H17N5OS. The van der Waals surface area contributed by atoms with Crippen LogP contribution in [0.25, 0.3) is 5.69 Å². The second-order valence-corrected chi connectivity index (χ2v) is 6.14. The van der Waals surface area contributed by atoms with Crippen molar-refractivity contribution in [3.8, 4) is 5.69 Å². The van der Waals surface area contributed by atoms with E-state index in [1.54, 1.807) is 48.2 Å². The Bertz CT molecular complexity index is 888. The van der Waals surface area contributed by atoms with Gasteiger partial charge in [-0.05, 0) is 43.0 Å². The van der Waals surface area contributed by atoms with Gasteiger partial charge in [-0.2, -0.15) is 10.2 Å². The molecule has 0 aliphatic rings. The van der Waals surface area contributed by atoms with Crippen molar-refractivity contribution in [3.05, 3.63) is 71.8 Å². The zero-order valence-electron chi connectivity index (χ0n) is 13.9. The number of nitrogens with zero attached hydrogens (tertiary/aromatic N) is 4. The quantitative estimate of drug-likeness (QED) is 0.436. The molecule has 2 aromatic heterocycles. The molecule has 6 nitrogen and oxygen atoms in total. The minimum atomic E-state index is -0.301. The fraction of sp³-hybridized carbons (Fsp3) is 0.111. The van der Waals surface area contributed by atoms with Crippen molar-refractivity contribution >= 4 is 23.9 Å². The molecule has 25 heavy (non-hydrogen) atoms. The minimum Gasteiger partial charge on any atom is -0.267 e. The van der Waals surface area contributed by atoms with Gasteiger partial charge >= 0.3 is 0 Å². The third kappa shape index (κ3) is 4.13. The lowest BCUT2D eigenvalue weighted by Gasteiger charge is -1.99. The predicted molar refractivity (Wildman–Crippen MR) is 99.4 cm³/mol. The van der Waals surface area contributed by atoms with Crippen molar-refractivity contribution in [3.63, 3.8) is 0 Å². The zero-order chi connectivity index (χ0) is 17.6. The van der Waals surface area contributed by atoms with Gasteiger partial charge in [-0.1, -0.05) is 12.1 Å². The third-order valence-electron chi connectivity index (χ3n) is 3.55. The molecule has 0 aliphatic carbocycles. The van der Waals surface area contributed by atoms with E-state index in [2.05, 4.69) is 20.6 Å². The standard InChI is InChI=1S/C18H17N5OS/c1-13-17(12-23(22-13)15-4-3-9-19-11-15)18(24)21-20-10-14-5-7-16(25-2)8-6-14/h3-12H,1-2H3,(H,21,24)/b20-10+. The Hall–Kier alpha value is -2.93. The molecule has 1 N–H and O–H groups in total. The number of thioether (sulfide) groups is 1. The Morgan fingerprint density at radius 1 is 1.28 bits per heavy atom. The third-order valence-corrected chi connectivity index (χ3v) is 4.29. The van der Waals surface area contributed by atoms with Crippen LogP contribution in [-0.2, 0) is 0 Å². The van der Waals surface area contributed by atoms with Gasteiger partial charge in [0.1, 0.15) is 0 Å². The number of amides is 1. The van der Waals surface area contributed by atoms with Crippen LogP contribution in [0, 0.1) is 6.92 Å². The molecule has 7 heteroatoms. The summed E-state index contributed by atoms with van der Waals surface area (Å²) in [5, 5.41) is 8.36. The van der Waals surface area contributed by atoms with E-state index in [-0.39, 0.29) is 5.91 Å². The molecule has 0 radical (unpaired) electrons. The molecular weight excluding hydrogens is 334 g/mol. The topological polar surface area (TPSA) is 72.2 Å². The minimum absolute atomic E-state index is 0.301. The van der Waals surface area contributed by atoms with Gasteiger partial charge in [-0.3, -0.25) is 9.78 Å². The number of hydrogen-bond donors (Lipinski definition) is 1. The fourth-order valence-electron chi connectivity index (χ4n) is 2.22. The molecule has 2 heterocycles. The van der Waals surface area contributed by atoms with Gasteiger partial charge in [0.2, 0.25) is 0 Å². The van der Waals surface area contributed by atoms with Crippen molar-refractivity contribution in [2.75, 3.05) is 6.26 Å². The molecule has 0 spiro atoms. The van der Waals surface area contributed by atoms with E-state index in [9.17, 15) is 4.79 Å². The van der Waals surface area contributed by atoms with Crippen LogP contribution in [-0.4, -0.2) is 33.1 Å². The van der Waals surface area contributed by atoms with Gasteiger partial charge in [-0.25, -0.2) is 10.1 Å². The first-order chi connectivity index (χ1) is 12.2. The Labute approximate surface area is 150 Å².